The Balaban J connectivity index is 2.24. The molecule has 0 N–H and O–H groups in total. The zero-order chi connectivity index (χ0) is 6.69. The molecule has 0 aromatic rings. The van der Waals surface area contributed by atoms with Gasteiger partial charge in [0.2, 0.25) is 0 Å². The van der Waals surface area contributed by atoms with Crippen molar-refractivity contribution in [3.05, 3.63) is 0 Å². The Kier molecular flexibility index (Phi) is 2.07. The molecule has 9 heavy (non-hydrogen) atoms. The van der Waals surface area contributed by atoms with Crippen LogP contribution in [-0.2, 0) is 0 Å². The van der Waals surface area contributed by atoms with Gasteiger partial charge >= 0.3 is 0 Å². The summed E-state index contributed by atoms with van der Waals surface area (Å²) in [5.74, 6) is 0.804. The van der Waals surface area contributed by atoms with E-state index in [1.165, 1.54) is 6.42 Å². The molecular formula is C7H12N2. The monoisotopic (exact) mass is 124 g/mol. The first-order valence-electron chi connectivity index (χ1n) is 3.42. The van der Waals surface area contributed by atoms with Gasteiger partial charge in [0, 0.05) is 6.54 Å². The minimum Gasteiger partial charge on any atom is -0.290 e. The first-order valence-corrected chi connectivity index (χ1v) is 3.42. The Bertz CT molecular complexity index is 125. The second-order valence-electron chi connectivity index (χ2n) is 2.79. The third-order valence-corrected chi connectivity index (χ3v) is 1.80. The number of nitrogens with zero attached hydrogens (tertiary/aromatic N) is 2. The Labute approximate surface area is 56.1 Å². The molecule has 0 radical (unpaired) electrons. The third kappa shape index (κ3) is 1.69. The van der Waals surface area contributed by atoms with E-state index in [1.54, 1.807) is 0 Å². The highest BCUT2D eigenvalue weighted by molar-refractivity contribution is 4.81. The maximum atomic E-state index is 8.32. The van der Waals surface area contributed by atoms with Gasteiger partial charge < -0.3 is 0 Å². The van der Waals surface area contributed by atoms with Gasteiger partial charge in [0.25, 0.3) is 0 Å². The maximum absolute atomic E-state index is 8.32. The van der Waals surface area contributed by atoms with Gasteiger partial charge in [-0.1, -0.05) is 6.92 Å². The lowest BCUT2D eigenvalue weighted by Gasteiger charge is -2.07. The van der Waals surface area contributed by atoms with Crippen LogP contribution < -0.4 is 0 Å². The van der Waals surface area contributed by atoms with Crippen LogP contribution in [0.25, 0.3) is 0 Å². The van der Waals surface area contributed by atoms with Crippen LogP contribution >= 0.6 is 0 Å². The molecule has 1 heterocycles. The topological polar surface area (TPSA) is 27.0 Å². The molecule has 1 atom stereocenters. The molecule has 0 saturated carbocycles. The van der Waals surface area contributed by atoms with Crippen molar-refractivity contribution in [1.29, 1.82) is 5.26 Å². The van der Waals surface area contributed by atoms with Gasteiger partial charge in [-0.3, -0.25) is 4.90 Å². The largest absolute Gasteiger partial charge is 0.290 e. The molecular weight excluding hydrogens is 112 g/mol. The fourth-order valence-corrected chi connectivity index (χ4v) is 1.27. The van der Waals surface area contributed by atoms with Crippen LogP contribution in [0.3, 0.4) is 0 Å². The Hall–Kier alpha value is -0.550. The molecule has 2 heteroatoms. The Morgan fingerprint density at radius 1 is 1.78 bits per heavy atom. The minimum absolute atomic E-state index is 0.615. The summed E-state index contributed by atoms with van der Waals surface area (Å²) < 4.78 is 0. The SMILES string of the molecule is C[C@H]1CCN(CC#N)C1. The van der Waals surface area contributed by atoms with Gasteiger partial charge in [-0.2, -0.15) is 5.26 Å². The molecule has 0 unspecified atom stereocenters. The standard InChI is InChI=1S/C7H12N2/c1-7-2-4-9(6-7)5-3-8/h7H,2,4-6H2,1H3/t7-/m0/s1. The molecule has 1 aliphatic heterocycles. The van der Waals surface area contributed by atoms with Gasteiger partial charge in [0.15, 0.2) is 0 Å². The van der Waals surface area contributed by atoms with E-state index < -0.39 is 0 Å². The van der Waals surface area contributed by atoms with Crippen molar-refractivity contribution in [3.63, 3.8) is 0 Å². The van der Waals surface area contributed by atoms with E-state index in [0.717, 1.165) is 19.0 Å². The lowest BCUT2D eigenvalue weighted by Crippen LogP contribution is -2.20. The summed E-state index contributed by atoms with van der Waals surface area (Å²) in [4.78, 5) is 2.20. The van der Waals surface area contributed by atoms with Crippen LogP contribution in [0.1, 0.15) is 13.3 Å². The summed E-state index contributed by atoms with van der Waals surface area (Å²) in [7, 11) is 0. The molecule has 50 valence electrons. The second kappa shape index (κ2) is 2.84. The summed E-state index contributed by atoms with van der Waals surface area (Å²) in [6.45, 7) is 5.09. The van der Waals surface area contributed by atoms with Crippen molar-refractivity contribution in [2.24, 2.45) is 5.92 Å². The lowest BCUT2D eigenvalue weighted by atomic mass is 10.2. The van der Waals surface area contributed by atoms with Gasteiger partial charge in [-0.25, -0.2) is 0 Å². The fraction of sp³-hybridized carbons (Fsp3) is 0.857. The molecule has 1 saturated heterocycles. The van der Waals surface area contributed by atoms with Gasteiger partial charge in [0.05, 0.1) is 12.6 Å². The van der Waals surface area contributed by atoms with Gasteiger partial charge in [-0.15, -0.1) is 0 Å². The summed E-state index contributed by atoms with van der Waals surface area (Å²) in [6, 6.07) is 2.16. The van der Waals surface area contributed by atoms with Crippen molar-refractivity contribution in [1.82, 2.24) is 4.90 Å². The van der Waals surface area contributed by atoms with Crippen LogP contribution in [0.15, 0.2) is 0 Å². The maximum Gasteiger partial charge on any atom is 0.0866 e. The fourth-order valence-electron chi connectivity index (χ4n) is 1.27. The summed E-state index contributed by atoms with van der Waals surface area (Å²) in [5.41, 5.74) is 0. The van der Waals surface area contributed by atoms with Crippen LogP contribution in [-0.4, -0.2) is 24.5 Å². The lowest BCUT2D eigenvalue weighted by molar-refractivity contribution is 0.368. The van der Waals surface area contributed by atoms with Crippen LogP contribution in [0.5, 0.6) is 0 Å². The van der Waals surface area contributed by atoms with E-state index in [0.29, 0.717) is 6.54 Å². The number of nitriles is 1. The van der Waals surface area contributed by atoms with Crippen LogP contribution in [0, 0.1) is 17.2 Å². The highest BCUT2D eigenvalue weighted by Crippen LogP contribution is 2.13. The highest BCUT2D eigenvalue weighted by atomic mass is 15.1. The number of rotatable bonds is 1. The van der Waals surface area contributed by atoms with Crippen LogP contribution in [0.2, 0.25) is 0 Å². The minimum atomic E-state index is 0.615. The van der Waals surface area contributed by atoms with Crippen LogP contribution in [0.4, 0.5) is 0 Å². The van der Waals surface area contributed by atoms with Gasteiger partial charge in [0.1, 0.15) is 0 Å². The Morgan fingerprint density at radius 2 is 2.56 bits per heavy atom. The highest BCUT2D eigenvalue weighted by Gasteiger charge is 2.16. The molecule has 1 fully saturated rings. The van der Waals surface area contributed by atoms with E-state index in [4.69, 9.17) is 5.26 Å². The Morgan fingerprint density at radius 3 is 3.00 bits per heavy atom. The zero-order valence-electron chi connectivity index (χ0n) is 5.80. The predicted molar refractivity (Wildman–Crippen MR) is 35.8 cm³/mol. The summed E-state index contributed by atoms with van der Waals surface area (Å²) in [5, 5.41) is 8.32. The predicted octanol–water partition coefficient (Wildman–Crippen LogP) is 0.852. The molecule has 1 rings (SSSR count). The summed E-state index contributed by atoms with van der Waals surface area (Å²) >= 11 is 0. The molecule has 0 amide bonds. The molecule has 0 spiro atoms. The van der Waals surface area contributed by atoms with E-state index in [-0.39, 0.29) is 0 Å². The zero-order valence-corrected chi connectivity index (χ0v) is 5.80. The molecule has 0 aromatic carbocycles. The molecule has 0 bridgehead atoms. The van der Waals surface area contributed by atoms with Crippen molar-refractivity contribution >= 4 is 0 Å². The van der Waals surface area contributed by atoms with E-state index in [1.807, 2.05) is 0 Å². The van der Waals surface area contributed by atoms with Crippen molar-refractivity contribution < 1.29 is 0 Å². The molecule has 1 aliphatic rings. The van der Waals surface area contributed by atoms with E-state index in [9.17, 15) is 0 Å². The smallest absolute Gasteiger partial charge is 0.0866 e. The van der Waals surface area contributed by atoms with E-state index >= 15 is 0 Å². The molecule has 2 nitrogen and oxygen atoms in total. The normalized spacial score (nSPS) is 28.2. The average molecular weight is 124 g/mol. The van der Waals surface area contributed by atoms with Crippen molar-refractivity contribution in [2.75, 3.05) is 19.6 Å². The second-order valence-corrected chi connectivity index (χ2v) is 2.79. The molecule has 0 aliphatic carbocycles. The third-order valence-electron chi connectivity index (χ3n) is 1.80. The number of hydrogen-bond acceptors (Lipinski definition) is 2. The van der Waals surface area contributed by atoms with E-state index in [2.05, 4.69) is 17.9 Å². The first kappa shape index (κ1) is 6.57. The van der Waals surface area contributed by atoms with Crippen molar-refractivity contribution in [3.8, 4) is 6.07 Å². The van der Waals surface area contributed by atoms with Gasteiger partial charge in [-0.05, 0) is 18.9 Å². The number of likely N-dealkylation sites (tertiary alicyclic amines) is 1. The summed E-state index contributed by atoms with van der Waals surface area (Å²) in [6.07, 6.45) is 1.27. The first-order chi connectivity index (χ1) is 4.33. The number of hydrogen-bond donors (Lipinski definition) is 0. The van der Waals surface area contributed by atoms with Crippen molar-refractivity contribution in [2.45, 2.75) is 13.3 Å². The molecule has 0 aromatic heterocycles. The quantitative estimate of drug-likeness (QED) is 0.484. The average Bonchev–Trinajstić information content (AvgIpc) is 2.17.